The molecule has 0 aromatic heterocycles. The first kappa shape index (κ1) is 19.5. The molecule has 5 rings (SSSR count). The predicted molar refractivity (Wildman–Crippen MR) is 140 cm³/mol. The van der Waals surface area contributed by atoms with E-state index in [1.807, 2.05) is 0 Å². The van der Waals surface area contributed by atoms with Gasteiger partial charge in [0, 0.05) is 4.47 Å². The van der Waals surface area contributed by atoms with Crippen LogP contribution in [-0.4, -0.2) is 0 Å². The lowest BCUT2D eigenvalue weighted by molar-refractivity contribution is 1.58. The minimum absolute atomic E-state index is 1.07. The molecule has 0 nitrogen and oxygen atoms in total. The van der Waals surface area contributed by atoms with Gasteiger partial charge in [0.1, 0.15) is 0 Å². The van der Waals surface area contributed by atoms with Gasteiger partial charge in [-0.15, -0.1) is 0 Å². The standard InChI is InChI=1S/C30H21Br/c31-28-20-22(15-17-26-11-5-9-24-7-1-3-13-29(24)26)19-23(21-28)16-18-27-12-6-10-25-8-2-4-14-30(25)27/h1-21H. The Hall–Kier alpha value is -3.42. The van der Waals surface area contributed by atoms with Crippen LogP contribution < -0.4 is 0 Å². The molecular weight excluding hydrogens is 440 g/mol. The second-order valence-electron chi connectivity index (χ2n) is 7.62. The van der Waals surface area contributed by atoms with E-state index in [-0.39, 0.29) is 0 Å². The summed E-state index contributed by atoms with van der Waals surface area (Å²) < 4.78 is 1.07. The van der Waals surface area contributed by atoms with Crippen molar-refractivity contribution in [1.29, 1.82) is 0 Å². The van der Waals surface area contributed by atoms with E-state index in [1.54, 1.807) is 0 Å². The van der Waals surface area contributed by atoms with E-state index in [2.05, 4.69) is 143 Å². The summed E-state index contributed by atoms with van der Waals surface area (Å²) in [6.07, 6.45) is 8.76. The molecule has 1 heteroatoms. The van der Waals surface area contributed by atoms with Gasteiger partial charge < -0.3 is 0 Å². The van der Waals surface area contributed by atoms with Gasteiger partial charge in [-0.25, -0.2) is 0 Å². The third kappa shape index (κ3) is 4.38. The minimum atomic E-state index is 1.07. The van der Waals surface area contributed by atoms with Gasteiger partial charge >= 0.3 is 0 Å². The Kier molecular flexibility index (Phi) is 5.52. The lowest BCUT2D eigenvalue weighted by Crippen LogP contribution is -1.81. The van der Waals surface area contributed by atoms with Crippen molar-refractivity contribution in [1.82, 2.24) is 0 Å². The fourth-order valence-corrected chi connectivity index (χ4v) is 4.52. The van der Waals surface area contributed by atoms with Crippen molar-refractivity contribution in [3.05, 3.63) is 130 Å². The third-order valence-corrected chi connectivity index (χ3v) is 5.96. The highest BCUT2D eigenvalue weighted by atomic mass is 79.9. The summed E-state index contributed by atoms with van der Waals surface area (Å²) in [5, 5.41) is 5.06. The molecule has 0 saturated heterocycles. The van der Waals surface area contributed by atoms with Crippen LogP contribution in [0.5, 0.6) is 0 Å². The van der Waals surface area contributed by atoms with Crippen molar-refractivity contribution < 1.29 is 0 Å². The molecule has 5 aromatic rings. The van der Waals surface area contributed by atoms with Crippen LogP contribution in [0.2, 0.25) is 0 Å². The average Bonchev–Trinajstić information content (AvgIpc) is 2.81. The van der Waals surface area contributed by atoms with Crippen molar-refractivity contribution in [2.75, 3.05) is 0 Å². The average molecular weight is 461 g/mol. The number of hydrogen-bond acceptors (Lipinski definition) is 0. The Labute approximate surface area is 191 Å². The Morgan fingerprint density at radius 2 is 0.903 bits per heavy atom. The van der Waals surface area contributed by atoms with Crippen LogP contribution in [0.3, 0.4) is 0 Å². The second-order valence-corrected chi connectivity index (χ2v) is 8.54. The molecule has 0 aliphatic rings. The van der Waals surface area contributed by atoms with Crippen molar-refractivity contribution in [2.24, 2.45) is 0 Å². The molecule has 0 bridgehead atoms. The zero-order valence-electron chi connectivity index (χ0n) is 17.0. The monoisotopic (exact) mass is 460 g/mol. The summed E-state index contributed by atoms with van der Waals surface area (Å²) in [5.74, 6) is 0. The van der Waals surface area contributed by atoms with E-state index in [4.69, 9.17) is 0 Å². The molecule has 31 heavy (non-hydrogen) atoms. The summed E-state index contributed by atoms with van der Waals surface area (Å²) >= 11 is 3.68. The Morgan fingerprint density at radius 1 is 0.452 bits per heavy atom. The van der Waals surface area contributed by atoms with Gasteiger partial charge in [0.15, 0.2) is 0 Å². The summed E-state index contributed by atoms with van der Waals surface area (Å²) in [6, 6.07) is 36.4. The topological polar surface area (TPSA) is 0 Å². The zero-order chi connectivity index (χ0) is 21.0. The fraction of sp³-hybridized carbons (Fsp3) is 0. The van der Waals surface area contributed by atoms with E-state index >= 15 is 0 Å². The van der Waals surface area contributed by atoms with Crippen LogP contribution in [0.25, 0.3) is 45.8 Å². The minimum Gasteiger partial charge on any atom is -0.0616 e. The molecule has 0 atom stereocenters. The number of benzene rings is 5. The third-order valence-electron chi connectivity index (χ3n) is 5.50. The zero-order valence-corrected chi connectivity index (χ0v) is 18.6. The SMILES string of the molecule is Brc1cc(C=Cc2cccc3ccccc23)cc(C=Cc2cccc3ccccc23)c1. The summed E-state index contributed by atoms with van der Waals surface area (Å²) in [7, 11) is 0. The van der Waals surface area contributed by atoms with Gasteiger partial charge in [0.05, 0.1) is 0 Å². The lowest BCUT2D eigenvalue weighted by Gasteiger charge is -2.04. The van der Waals surface area contributed by atoms with E-state index in [9.17, 15) is 0 Å². The summed E-state index contributed by atoms with van der Waals surface area (Å²) in [5.41, 5.74) is 4.79. The van der Waals surface area contributed by atoms with Gasteiger partial charge in [-0.2, -0.15) is 0 Å². The Morgan fingerprint density at radius 3 is 1.42 bits per heavy atom. The van der Waals surface area contributed by atoms with E-state index in [1.165, 1.54) is 43.8 Å². The second kappa shape index (κ2) is 8.75. The molecule has 148 valence electrons. The summed E-state index contributed by atoms with van der Waals surface area (Å²) in [4.78, 5) is 0. The molecule has 0 aliphatic carbocycles. The number of hydrogen-bond donors (Lipinski definition) is 0. The molecule has 5 aromatic carbocycles. The van der Waals surface area contributed by atoms with Gasteiger partial charge in [0.25, 0.3) is 0 Å². The molecule has 0 radical (unpaired) electrons. The molecule has 0 heterocycles. The van der Waals surface area contributed by atoms with E-state index in [0.717, 1.165) is 4.47 Å². The van der Waals surface area contributed by atoms with E-state index < -0.39 is 0 Å². The lowest BCUT2D eigenvalue weighted by atomic mass is 10.0. The van der Waals surface area contributed by atoms with Crippen molar-refractivity contribution >= 4 is 61.8 Å². The number of fused-ring (bicyclic) bond motifs is 2. The van der Waals surface area contributed by atoms with Crippen molar-refractivity contribution in [3.8, 4) is 0 Å². The van der Waals surface area contributed by atoms with Crippen LogP contribution in [0.1, 0.15) is 22.3 Å². The first-order valence-corrected chi connectivity index (χ1v) is 11.2. The highest BCUT2D eigenvalue weighted by molar-refractivity contribution is 9.10. The van der Waals surface area contributed by atoms with Gasteiger partial charge in [0.2, 0.25) is 0 Å². The highest BCUT2D eigenvalue weighted by Gasteiger charge is 2.00. The maximum absolute atomic E-state index is 3.68. The first-order chi connectivity index (χ1) is 15.3. The Balaban J connectivity index is 1.46. The van der Waals surface area contributed by atoms with Crippen molar-refractivity contribution in [3.63, 3.8) is 0 Å². The predicted octanol–water partition coefficient (Wildman–Crippen LogP) is 9.10. The van der Waals surface area contributed by atoms with Gasteiger partial charge in [-0.05, 0) is 62.0 Å². The van der Waals surface area contributed by atoms with Crippen LogP contribution in [0.4, 0.5) is 0 Å². The molecule has 0 spiro atoms. The van der Waals surface area contributed by atoms with Gasteiger partial charge in [-0.1, -0.05) is 125 Å². The number of rotatable bonds is 4. The molecule has 0 N–H and O–H groups in total. The largest absolute Gasteiger partial charge is 0.0616 e. The Bertz CT molecular complexity index is 1320. The first-order valence-electron chi connectivity index (χ1n) is 10.4. The maximum atomic E-state index is 3.68. The molecule has 0 aliphatic heterocycles. The van der Waals surface area contributed by atoms with Crippen LogP contribution in [0.15, 0.2) is 108 Å². The normalized spacial score (nSPS) is 11.8. The molecule has 0 amide bonds. The molecule has 0 saturated carbocycles. The molecular formula is C30H21Br. The quantitative estimate of drug-likeness (QED) is 0.234. The van der Waals surface area contributed by atoms with Crippen molar-refractivity contribution in [2.45, 2.75) is 0 Å². The summed E-state index contributed by atoms with van der Waals surface area (Å²) in [6.45, 7) is 0. The fourth-order valence-electron chi connectivity index (χ4n) is 3.99. The number of halogens is 1. The highest BCUT2D eigenvalue weighted by Crippen LogP contribution is 2.24. The van der Waals surface area contributed by atoms with Gasteiger partial charge in [-0.3, -0.25) is 0 Å². The van der Waals surface area contributed by atoms with E-state index in [0.29, 0.717) is 0 Å². The van der Waals surface area contributed by atoms with Crippen LogP contribution in [-0.2, 0) is 0 Å². The molecule has 0 unspecified atom stereocenters. The maximum Gasteiger partial charge on any atom is 0.0187 e. The van der Waals surface area contributed by atoms with Crippen LogP contribution >= 0.6 is 15.9 Å². The van der Waals surface area contributed by atoms with Crippen LogP contribution in [0, 0.1) is 0 Å². The molecule has 0 fully saturated rings. The smallest absolute Gasteiger partial charge is 0.0187 e.